The van der Waals surface area contributed by atoms with Crippen molar-refractivity contribution in [3.05, 3.63) is 23.9 Å². The molecule has 11 heteroatoms. The zero-order valence-corrected chi connectivity index (χ0v) is 26.2. The highest BCUT2D eigenvalue weighted by molar-refractivity contribution is 8.23. The topological polar surface area (TPSA) is 116 Å². The Morgan fingerprint density at radius 3 is 2.26 bits per heavy atom. The van der Waals surface area contributed by atoms with Gasteiger partial charge in [0.05, 0.1) is 11.0 Å². The zero-order valence-electron chi connectivity index (χ0n) is 24.6. The standard InChI is InChI=1S/C28H44N6O3S2/c1-19(32-33-21-11-10-20(17-31-21)23(36)34-15-16-39-25(34)38)9-12-22(35)29-13-14-30-24(37)28(8,27(5,6)7)18-26(2,3)4/h10-11,17H,9,12-16,18H2,1-8H3,(H,29,35)(H,30,37)(H,31,33)/b32-19+. The van der Waals surface area contributed by atoms with Crippen LogP contribution in [0.2, 0.25) is 0 Å². The summed E-state index contributed by atoms with van der Waals surface area (Å²) in [5, 5.41) is 10.2. The van der Waals surface area contributed by atoms with E-state index in [1.54, 1.807) is 17.0 Å². The van der Waals surface area contributed by atoms with Gasteiger partial charge in [0.1, 0.15) is 10.1 Å². The number of rotatable bonds is 11. The Labute approximate surface area is 242 Å². The Kier molecular flexibility index (Phi) is 11.5. The first-order valence-electron chi connectivity index (χ1n) is 13.3. The van der Waals surface area contributed by atoms with Crippen molar-refractivity contribution >= 4 is 57.6 Å². The van der Waals surface area contributed by atoms with Gasteiger partial charge in [0.2, 0.25) is 11.8 Å². The lowest BCUT2D eigenvalue weighted by Gasteiger charge is -2.44. The molecule has 3 amide bonds. The molecule has 1 saturated heterocycles. The highest BCUT2D eigenvalue weighted by Crippen LogP contribution is 2.46. The maximum atomic E-state index is 13.1. The van der Waals surface area contributed by atoms with Crippen LogP contribution in [0.25, 0.3) is 0 Å². The van der Waals surface area contributed by atoms with Gasteiger partial charge in [-0.2, -0.15) is 5.10 Å². The van der Waals surface area contributed by atoms with Gasteiger partial charge in [-0.1, -0.05) is 72.4 Å². The second-order valence-electron chi connectivity index (χ2n) is 12.4. The average Bonchev–Trinajstić information content (AvgIpc) is 3.27. The third-order valence-corrected chi connectivity index (χ3v) is 8.29. The highest BCUT2D eigenvalue weighted by Gasteiger charge is 2.46. The number of anilines is 1. The molecule has 1 aliphatic rings. The number of carbonyl (C=O) groups is 3. The first kappa shape index (κ1) is 32.7. The molecule has 1 fully saturated rings. The third kappa shape index (κ3) is 9.86. The summed E-state index contributed by atoms with van der Waals surface area (Å²) in [5.74, 6) is 1.07. The second-order valence-corrected chi connectivity index (χ2v) is 14.1. The summed E-state index contributed by atoms with van der Waals surface area (Å²) in [6, 6.07) is 3.37. The predicted molar refractivity (Wildman–Crippen MR) is 164 cm³/mol. The molecule has 0 bridgehead atoms. The van der Waals surface area contributed by atoms with Crippen LogP contribution in [-0.4, -0.2) is 63.0 Å². The van der Waals surface area contributed by atoms with E-state index in [9.17, 15) is 14.4 Å². The van der Waals surface area contributed by atoms with Gasteiger partial charge in [-0.25, -0.2) is 4.98 Å². The molecule has 2 rings (SSSR count). The molecule has 3 N–H and O–H groups in total. The van der Waals surface area contributed by atoms with E-state index < -0.39 is 5.41 Å². The monoisotopic (exact) mass is 576 g/mol. The summed E-state index contributed by atoms with van der Waals surface area (Å²) in [5.41, 5.74) is 3.36. The Morgan fingerprint density at radius 2 is 1.72 bits per heavy atom. The quantitative estimate of drug-likeness (QED) is 0.149. The minimum Gasteiger partial charge on any atom is -0.354 e. The molecule has 1 aromatic heterocycles. The maximum Gasteiger partial charge on any atom is 0.260 e. The molecule has 2 heterocycles. The SMILES string of the molecule is C/C(CCC(=O)NCCNC(=O)C(C)(CC(C)(C)C)C(C)(C)C)=N\Nc1ccc(C(=O)N2CCSC2=S)cn1. The number of amides is 3. The smallest absolute Gasteiger partial charge is 0.260 e. The predicted octanol–water partition coefficient (Wildman–Crippen LogP) is 4.84. The van der Waals surface area contributed by atoms with Crippen LogP contribution in [0.5, 0.6) is 0 Å². The van der Waals surface area contributed by atoms with Crippen LogP contribution in [0.1, 0.15) is 85.0 Å². The molecule has 1 aliphatic heterocycles. The molecule has 39 heavy (non-hydrogen) atoms. The zero-order chi connectivity index (χ0) is 29.4. The Hall–Kier alpha value is -2.53. The van der Waals surface area contributed by atoms with Gasteiger partial charge in [-0.15, -0.1) is 0 Å². The maximum absolute atomic E-state index is 13.1. The number of thiocarbonyl (C=S) groups is 1. The van der Waals surface area contributed by atoms with Crippen molar-refractivity contribution in [2.24, 2.45) is 21.3 Å². The van der Waals surface area contributed by atoms with Crippen molar-refractivity contribution < 1.29 is 14.4 Å². The van der Waals surface area contributed by atoms with Crippen molar-refractivity contribution in [2.45, 2.75) is 74.7 Å². The summed E-state index contributed by atoms with van der Waals surface area (Å²) in [7, 11) is 0. The summed E-state index contributed by atoms with van der Waals surface area (Å²) in [6.45, 7) is 17.9. The molecule has 9 nitrogen and oxygen atoms in total. The molecule has 0 aromatic carbocycles. The van der Waals surface area contributed by atoms with Crippen LogP contribution < -0.4 is 16.1 Å². The number of hydrogen-bond donors (Lipinski definition) is 3. The van der Waals surface area contributed by atoms with Crippen LogP contribution in [-0.2, 0) is 9.59 Å². The van der Waals surface area contributed by atoms with Gasteiger partial charge >= 0.3 is 0 Å². The fraction of sp³-hybridized carbons (Fsp3) is 0.643. The second kappa shape index (κ2) is 13.7. The van der Waals surface area contributed by atoms with Gasteiger partial charge in [0, 0.05) is 43.7 Å². The van der Waals surface area contributed by atoms with E-state index in [0.717, 1.165) is 17.9 Å². The average molecular weight is 577 g/mol. The number of nitrogens with zero attached hydrogens (tertiary/aromatic N) is 3. The minimum absolute atomic E-state index is 0.0118. The fourth-order valence-corrected chi connectivity index (χ4v) is 5.43. The van der Waals surface area contributed by atoms with Crippen molar-refractivity contribution in [3.63, 3.8) is 0 Å². The molecule has 1 aromatic rings. The molecule has 0 aliphatic carbocycles. The van der Waals surface area contributed by atoms with E-state index >= 15 is 0 Å². The minimum atomic E-state index is -0.527. The van der Waals surface area contributed by atoms with E-state index in [-0.39, 0.29) is 35.0 Å². The fourth-order valence-electron chi connectivity index (χ4n) is 4.23. The number of aromatic nitrogens is 1. The molecular weight excluding hydrogens is 532 g/mol. The van der Waals surface area contributed by atoms with Gasteiger partial charge in [0.15, 0.2) is 0 Å². The van der Waals surface area contributed by atoms with Gasteiger partial charge in [0.25, 0.3) is 5.91 Å². The van der Waals surface area contributed by atoms with Crippen molar-refractivity contribution in [2.75, 3.05) is 30.8 Å². The Balaban J connectivity index is 1.74. The number of thioether (sulfide) groups is 1. The number of hydrogen-bond acceptors (Lipinski definition) is 8. The molecule has 0 saturated carbocycles. The van der Waals surface area contributed by atoms with Gasteiger partial charge in [-0.05, 0) is 42.7 Å². The van der Waals surface area contributed by atoms with Crippen LogP contribution in [0.15, 0.2) is 23.4 Å². The number of hydrazone groups is 1. The number of pyridine rings is 1. The summed E-state index contributed by atoms with van der Waals surface area (Å²) < 4.78 is 0.593. The van der Waals surface area contributed by atoms with Gasteiger partial charge in [-0.3, -0.25) is 24.7 Å². The van der Waals surface area contributed by atoms with E-state index in [0.29, 0.717) is 41.8 Å². The summed E-state index contributed by atoms with van der Waals surface area (Å²) in [6.07, 6.45) is 3.02. The molecule has 0 spiro atoms. The van der Waals surface area contributed by atoms with E-state index in [4.69, 9.17) is 12.2 Å². The summed E-state index contributed by atoms with van der Waals surface area (Å²) in [4.78, 5) is 43.7. The molecule has 0 radical (unpaired) electrons. The molecule has 1 atom stereocenters. The van der Waals surface area contributed by atoms with Crippen molar-refractivity contribution in [1.82, 2.24) is 20.5 Å². The third-order valence-electron chi connectivity index (χ3n) is 6.86. The summed E-state index contributed by atoms with van der Waals surface area (Å²) >= 11 is 6.71. The molecule has 216 valence electrons. The number of carbonyl (C=O) groups excluding carboxylic acids is 3. The highest BCUT2D eigenvalue weighted by atomic mass is 32.2. The van der Waals surface area contributed by atoms with Crippen molar-refractivity contribution in [3.8, 4) is 0 Å². The Bertz CT molecular complexity index is 1080. The van der Waals surface area contributed by atoms with Crippen molar-refractivity contribution in [1.29, 1.82) is 0 Å². The first-order valence-corrected chi connectivity index (χ1v) is 14.7. The van der Waals surface area contributed by atoms with E-state index in [2.05, 4.69) is 67.7 Å². The van der Waals surface area contributed by atoms with Crippen LogP contribution in [0.4, 0.5) is 5.82 Å². The number of nitrogens with one attached hydrogen (secondary N) is 3. The largest absolute Gasteiger partial charge is 0.354 e. The van der Waals surface area contributed by atoms with Gasteiger partial charge < -0.3 is 10.6 Å². The van der Waals surface area contributed by atoms with Crippen LogP contribution in [0, 0.1) is 16.2 Å². The molecule has 1 unspecified atom stereocenters. The lowest BCUT2D eigenvalue weighted by atomic mass is 9.61. The van der Waals surface area contributed by atoms with E-state index in [1.807, 2.05) is 13.8 Å². The molecular formula is C28H44N6O3S2. The Morgan fingerprint density at radius 1 is 1.05 bits per heavy atom. The first-order chi connectivity index (χ1) is 18.0. The van der Waals surface area contributed by atoms with E-state index in [1.165, 1.54) is 18.0 Å². The lowest BCUT2D eigenvalue weighted by molar-refractivity contribution is -0.139. The van der Waals surface area contributed by atoms with Crippen LogP contribution in [0.3, 0.4) is 0 Å². The van der Waals surface area contributed by atoms with Crippen LogP contribution >= 0.6 is 24.0 Å². The lowest BCUT2D eigenvalue weighted by Crippen LogP contribution is -2.50. The normalized spacial score (nSPS) is 16.1.